The number of carbonyl (C=O) groups excluding carboxylic acids is 1. The van der Waals surface area contributed by atoms with Crippen molar-refractivity contribution in [2.45, 2.75) is 12.8 Å². The molecule has 0 bridgehead atoms. The summed E-state index contributed by atoms with van der Waals surface area (Å²) >= 11 is 6.19. The summed E-state index contributed by atoms with van der Waals surface area (Å²) < 4.78 is 0. The molecular formula is C19H14ClNO. The summed E-state index contributed by atoms with van der Waals surface area (Å²) in [4.78, 5) is 16.0. The number of Topliss-reactive ketones (excluding diaryl/α,β-unsaturated/α-hetero) is 1. The second-order valence-corrected chi connectivity index (χ2v) is 5.95. The average molecular weight is 308 g/mol. The summed E-state index contributed by atoms with van der Waals surface area (Å²) in [6.45, 7) is 0. The summed E-state index contributed by atoms with van der Waals surface area (Å²) in [5, 5.41) is 1.83. The third kappa shape index (κ3) is 2.08. The van der Waals surface area contributed by atoms with Crippen molar-refractivity contribution in [3.63, 3.8) is 0 Å². The van der Waals surface area contributed by atoms with Crippen molar-refractivity contribution < 1.29 is 4.79 Å². The van der Waals surface area contributed by atoms with Crippen LogP contribution >= 0.6 is 11.6 Å². The molecule has 3 heteroatoms. The number of allylic oxidation sites excluding steroid dienone is 1. The Hall–Kier alpha value is -2.32. The first-order valence-electron chi connectivity index (χ1n) is 7.33. The molecule has 4 rings (SSSR count). The van der Waals surface area contributed by atoms with Gasteiger partial charge in [0.1, 0.15) is 0 Å². The summed E-state index contributed by atoms with van der Waals surface area (Å²) in [5.74, 6) is 0.0809. The number of ketones is 1. The van der Waals surface area contributed by atoms with E-state index >= 15 is 0 Å². The Labute approximate surface area is 133 Å². The number of aryl methyl sites for hydroxylation is 1. The maximum Gasteiger partial charge on any atom is 0.205 e. The monoisotopic (exact) mass is 307 g/mol. The van der Waals surface area contributed by atoms with Crippen LogP contribution in [-0.2, 0) is 6.42 Å². The van der Waals surface area contributed by atoms with Crippen molar-refractivity contribution in [1.29, 1.82) is 0 Å². The molecule has 1 N–H and O–H groups in total. The van der Waals surface area contributed by atoms with Gasteiger partial charge in [-0.2, -0.15) is 0 Å². The molecule has 2 aromatic carbocycles. The Bertz CT molecular complexity index is 920. The van der Waals surface area contributed by atoms with Crippen LogP contribution in [0.4, 0.5) is 0 Å². The number of halogens is 1. The van der Waals surface area contributed by atoms with E-state index in [9.17, 15) is 4.79 Å². The van der Waals surface area contributed by atoms with E-state index in [0.717, 1.165) is 46.1 Å². The van der Waals surface area contributed by atoms with Gasteiger partial charge in [0.2, 0.25) is 5.78 Å². The lowest BCUT2D eigenvalue weighted by molar-refractivity contribution is 0.102. The largest absolute Gasteiger partial charge is 0.352 e. The predicted molar refractivity (Wildman–Crippen MR) is 90.4 cm³/mol. The van der Waals surface area contributed by atoms with Crippen molar-refractivity contribution in [2.75, 3.05) is 0 Å². The number of H-pyrrole nitrogens is 1. The molecule has 0 unspecified atom stereocenters. The highest BCUT2D eigenvalue weighted by Crippen LogP contribution is 2.32. The van der Waals surface area contributed by atoms with E-state index in [4.69, 9.17) is 11.6 Å². The van der Waals surface area contributed by atoms with Crippen LogP contribution in [0, 0.1) is 0 Å². The maximum absolute atomic E-state index is 12.8. The van der Waals surface area contributed by atoms with E-state index in [2.05, 4.69) is 11.1 Å². The number of aromatic nitrogens is 1. The Morgan fingerprint density at radius 2 is 1.77 bits per heavy atom. The molecule has 0 fully saturated rings. The van der Waals surface area contributed by atoms with E-state index in [1.807, 2.05) is 48.5 Å². The molecule has 1 aromatic heterocycles. The molecule has 0 spiro atoms. The zero-order chi connectivity index (χ0) is 15.1. The molecule has 0 amide bonds. The van der Waals surface area contributed by atoms with Gasteiger partial charge < -0.3 is 4.98 Å². The summed E-state index contributed by atoms with van der Waals surface area (Å²) in [5.41, 5.74) is 4.60. The second kappa shape index (κ2) is 5.15. The van der Waals surface area contributed by atoms with Gasteiger partial charge in [0, 0.05) is 21.5 Å². The second-order valence-electron chi connectivity index (χ2n) is 5.54. The number of para-hydroxylation sites is 1. The van der Waals surface area contributed by atoms with Gasteiger partial charge in [0.15, 0.2) is 0 Å². The molecule has 108 valence electrons. The lowest BCUT2D eigenvalue weighted by Crippen LogP contribution is -2.13. The zero-order valence-corrected chi connectivity index (χ0v) is 12.7. The fourth-order valence-electron chi connectivity index (χ4n) is 3.10. The fourth-order valence-corrected chi connectivity index (χ4v) is 3.30. The molecule has 1 aliphatic carbocycles. The molecule has 0 aliphatic heterocycles. The van der Waals surface area contributed by atoms with Crippen molar-refractivity contribution in [3.8, 4) is 0 Å². The molecule has 0 saturated heterocycles. The number of benzene rings is 2. The van der Waals surface area contributed by atoms with Gasteiger partial charge in [-0.25, -0.2) is 0 Å². The third-order valence-electron chi connectivity index (χ3n) is 4.21. The maximum atomic E-state index is 12.8. The minimum absolute atomic E-state index is 0.0809. The van der Waals surface area contributed by atoms with Gasteiger partial charge in [0.05, 0.1) is 5.69 Å². The van der Waals surface area contributed by atoms with Crippen LogP contribution in [0.1, 0.15) is 28.0 Å². The number of rotatable bonds is 1. The van der Waals surface area contributed by atoms with Crippen molar-refractivity contribution in [2.24, 2.45) is 0 Å². The van der Waals surface area contributed by atoms with Crippen molar-refractivity contribution >= 4 is 34.4 Å². The molecule has 2 nitrogen and oxygen atoms in total. The molecule has 1 aliphatic rings. The highest BCUT2D eigenvalue weighted by molar-refractivity contribution is 6.32. The third-order valence-corrected chi connectivity index (χ3v) is 4.56. The van der Waals surface area contributed by atoms with E-state index < -0.39 is 0 Å². The first-order chi connectivity index (χ1) is 10.7. The van der Waals surface area contributed by atoms with Gasteiger partial charge in [0.25, 0.3) is 0 Å². The lowest BCUT2D eigenvalue weighted by atomic mass is 9.89. The number of carbonyl (C=O) groups is 1. The minimum Gasteiger partial charge on any atom is -0.352 e. The van der Waals surface area contributed by atoms with Crippen LogP contribution in [0.15, 0.2) is 54.1 Å². The van der Waals surface area contributed by atoms with Gasteiger partial charge in [-0.05, 0) is 42.2 Å². The summed E-state index contributed by atoms with van der Waals surface area (Å²) in [7, 11) is 0. The van der Waals surface area contributed by atoms with E-state index in [-0.39, 0.29) is 5.78 Å². The lowest BCUT2D eigenvalue weighted by Gasteiger charge is -2.14. The van der Waals surface area contributed by atoms with Crippen LogP contribution in [0.25, 0.3) is 17.0 Å². The molecule has 0 atom stereocenters. The molecule has 0 radical (unpaired) electrons. The Morgan fingerprint density at radius 1 is 1.00 bits per heavy atom. The van der Waals surface area contributed by atoms with Crippen LogP contribution in [0.5, 0.6) is 0 Å². The topological polar surface area (TPSA) is 32.9 Å². The van der Waals surface area contributed by atoms with Gasteiger partial charge in [-0.3, -0.25) is 4.79 Å². The summed E-state index contributed by atoms with van der Waals surface area (Å²) in [6, 6.07) is 15.7. The van der Waals surface area contributed by atoms with E-state index in [0.29, 0.717) is 5.02 Å². The number of hydrogen-bond acceptors (Lipinski definition) is 1. The first-order valence-corrected chi connectivity index (χ1v) is 7.71. The number of nitrogens with one attached hydrogen (secondary N) is 1. The predicted octanol–water partition coefficient (Wildman–Crippen LogP) is 5.03. The van der Waals surface area contributed by atoms with Crippen LogP contribution in [0.2, 0.25) is 5.02 Å². The molecule has 3 aromatic rings. The molecule has 22 heavy (non-hydrogen) atoms. The van der Waals surface area contributed by atoms with E-state index in [1.54, 1.807) is 0 Å². The SMILES string of the molecule is O=C1C(=Cc2ccccc2Cl)CCc2c1[nH]c1ccccc21. The Morgan fingerprint density at radius 3 is 2.64 bits per heavy atom. The normalized spacial score (nSPS) is 16.2. The average Bonchev–Trinajstić information content (AvgIpc) is 2.92. The van der Waals surface area contributed by atoms with Gasteiger partial charge >= 0.3 is 0 Å². The fraction of sp³-hybridized carbons (Fsp3) is 0.105. The van der Waals surface area contributed by atoms with Crippen LogP contribution in [-0.4, -0.2) is 10.8 Å². The van der Waals surface area contributed by atoms with Crippen molar-refractivity contribution in [1.82, 2.24) is 4.98 Å². The number of aromatic amines is 1. The Balaban J connectivity index is 1.81. The highest BCUT2D eigenvalue weighted by atomic mass is 35.5. The highest BCUT2D eigenvalue weighted by Gasteiger charge is 2.25. The quantitative estimate of drug-likeness (QED) is 0.628. The smallest absolute Gasteiger partial charge is 0.205 e. The Kier molecular flexibility index (Phi) is 3.12. The first kappa shape index (κ1) is 13.4. The number of fused-ring (bicyclic) bond motifs is 3. The molecular weight excluding hydrogens is 294 g/mol. The van der Waals surface area contributed by atoms with Crippen molar-refractivity contribution in [3.05, 3.63) is 75.9 Å². The molecule has 1 heterocycles. The van der Waals surface area contributed by atoms with E-state index in [1.165, 1.54) is 0 Å². The van der Waals surface area contributed by atoms with Gasteiger partial charge in [-0.15, -0.1) is 0 Å². The standard InChI is InChI=1S/C19H14ClNO/c20-16-7-3-1-5-12(16)11-13-9-10-15-14-6-2-4-8-17(14)21-18(15)19(13)22/h1-8,11,21H,9-10H2. The summed E-state index contributed by atoms with van der Waals surface area (Å²) in [6.07, 6.45) is 3.54. The number of hydrogen-bond donors (Lipinski definition) is 1. The zero-order valence-electron chi connectivity index (χ0n) is 11.9. The van der Waals surface area contributed by atoms with Gasteiger partial charge in [-0.1, -0.05) is 48.0 Å². The molecule has 0 saturated carbocycles. The van der Waals surface area contributed by atoms with Crippen LogP contribution < -0.4 is 0 Å². The minimum atomic E-state index is 0.0809. The van der Waals surface area contributed by atoms with Crippen LogP contribution in [0.3, 0.4) is 0 Å².